The number of Topliss-reactive ketones (excluding diaryl/α,β-unsaturated/α-hetero) is 1. The second-order valence-corrected chi connectivity index (χ2v) is 8.50. The Morgan fingerprint density at radius 1 is 0.968 bits per heavy atom. The summed E-state index contributed by atoms with van der Waals surface area (Å²) in [7, 11) is 0. The van der Waals surface area contributed by atoms with Gasteiger partial charge in [-0.3, -0.25) is 4.79 Å². The smallest absolute Gasteiger partial charge is 0.406 e. The number of halogens is 3. The van der Waals surface area contributed by atoms with Crippen LogP contribution in [0.5, 0.6) is 5.75 Å². The molecule has 0 fully saturated rings. The van der Waals surface area contributed by atoms with Gasteiger partial charge in [0.2, 0.25) is 0 Å². The Morgan fingerprint density at radius 3 is 2.13 bits per heavy atom. The van der Waals surface area contributed by atoms with Crippen LogP contribution in [0.2, 0.25) is 0 Å². The lowest BCUT2D eigenvalue weighted by Gasteiger charge is -2.29. The van der Waals surface area contributed by atoms with Crippen molar-refractivity contribution in [2.24, 2.45) is 0 Å². The molecular formula is C25H25F3O3. The van der Waals surface area contributed by atoms with Crippen molar-refractivity contribution < 1.29 is 27.4 Å². The van der Waals surface area contributed by atoms with Crippen molar-refractivity contribution in [3.8, 4) is 16.9 Å². The molecule has 3 nitrogen and oxygen atoms in total. The number of rotatable bonds is 5. The molecule has 0 saturated heterocycles. The number of ether oxygens (including phenoxy) is 2. The molecule has 0 unspecified atom stereocenters. The van der Waals surface area contributed by atoms with Gasteiger partial charge in [-0.1, -0.05) is 42.5 Å². The lowest BCUT2D eigenvalue weighted by atomic mass is 9.86. The molecule has 0 N–H and O–H groups in total. The van der Waals surface area contributed by atoms with Gasteiger partial charge in [0.1, 0.15) is 11.9 Å². The molecule has 0 aliphatic rings. The molecule has 0 aromatic heterocycles. The van der Waals surface area contributed by atoms with Gasteiger partial charge in [0, 0.05) is 0 Å². The maximum Gasteiger partial charge on any atom is 0.573 e. The first-order valence-electron chi connectivity index (χ1n) is 9.92. The lowest BCUT2D eigenvalue weighted by molar-refractivity contribution is -0.274. The Labute approximate surface area is 179 Å². The summed E-state index contributed by atoms with van der Waals surface area (Å²) >= 11 is 0. The number of alkyl halides is 3. The average Bonchev–Trinajstić information content (AvgIpc) is 2.64. The number of carbonyl (C=O) groups excluding carboxylic acids is 1. The first kappa shape index (κ1) is 22.8. The van der Waals surface area contributed by atoms with E-state index in [4.69, 9.17) is 4.74 Å². The van der Waals surface area contributed by atoms with Crippen LogP contribution in [0.3, 0.4) is 0 Å². The maximum absolute atomic E-state index is 12.6. The Morgan fingerprint density at radius 2 is 1.58 bits per heavy atom. The molecule has 0 bridgehead atoms. The average molecular weight is 430 g/mol. The summed E-state index contributed by atoms with van der Waals surface area (Å²) in [6.45, 7) is 9.02. The van der Waals surface area contributed by atoms with Crippen molar-refractivity contribution in [3.05, 3.63) is 65.7 Å². The summed E-state index contributed by atoms with van der Waals surface area (Å²) in [5.74, 6) is -0.449. The molecule has 0 spiro atoms. The summed E-state index contributed by atoms with van der Waals surface area (Å²) in [5, 5.41) is 1.85. The van der Waals surface area contributed by atoms with E-state index in [1.807, 2.05) is 58.0 Å². The standard InChI is InChI=1S/C25H25F3O3/c1-15-14-18-8-6-7-9-20(18)22(21(15)23(16(2)29)31-24(3,4)5)17-10-12-19(13-11-17)30-25(26,27)28/h6-14,23H,1-5H3/t23-/m1/s1. The molecule has 1 atom stereocenters. The number of benzene rings is 3. The number of fused-ring (bicyclic) bond motifs is 1. The highest BCUT2D eigenvalue weighted by Crippen LogP contribution is 2.41. The van der Waals surface area contributed by atoms with Crippen molar-refractivity contribution in [1.29, 1.82) is 0 Å². The van der Waals surface area contributed by atoms with E-state index in [0.29, 0.717) is 11.1 Å². The van der Waals surface area contributed by atoms with Crippen molar-refractivity contribution in [3.63, 3.8) is 0 Å². The predicted molar refractivity (Wildman–Crippen MR) is 115 cm³/mol. The summed E-state index contributed by atoms with van der Waals surface area (Å²) in [6, 6.07) is 15.4. The van der Waals surface area contributed by atoms with E-state index < -0.39 is 18.1 Å². The first-order chi connectivity index (χ1) is 14.4. The summed E-state index contributed by atoms with van der Waals surface area (Å²) < 4.78 is 47.8. The van der Waals surface area contributed by atoms with Crippen LogP contribution < -0.4 is 4.74 Å². The largest absolute Gasteiger partial charge is 0.573 e. The molecule has 0 amide bonds. The van der Waals surface area contributed by atoms with Gasteiger partial charge in [0.15, 0.2) is 5.78 Å². The topological polar surface area (TPSA) is 35.5 Å². The fraction of sp³-hybridized carbons (Fsp3) is 0.320. The first-order valence-corrected chi connectivity index (χ1v) is 9.92. The molecule has 0 aliphatic carbocycles. The zero-order valence-electron chi connectivity index (χ0n) is 18.1. The van der Waals surface area contributed by atoms with Gasteiger partial charge in [-0.2, -0.15) is 0 Å². The van der Waals surface area contributed by atoms with Gasteiger partial charge in [-0.15, -0.1) is 13.2 Å². The molecule has 0 radical (unpaired) electrons. The van der Waals surface area contributed by atoms with Gasteiger partial charge in [-0.05, 0) is 79.8 Å². The minimum absolute atomic E-state index is 0.147. The van der Waals surface area contributed by atoms with Gasteiger partial charge in [0.05, 0.1) is 5.60 Å². The number of ketones is 1. The van der Waals surface area contributed by atoms with E-state index >= 15 is 0 Å². The van der Waals surface area contributed by atoms with Crippen LogP contribution in [0.25, 0.3) is 21.9 Å². The third-order valence-corrected chi connectivity index (χ3v) is 4.78. The van der Waals surface area contributed by atoms with Crippen LogP contribution in [0, 0.1) is 6.92 Å². The van der Waals surface area contributed by atoms with Crippen molar-refractivity contribution in [2.75, 3.05) is 0 Å². The highest BCUT2D eigenvalue weighted by molar-refractivity contribution is 6.01. The quantitative estimate of drug-likeness (QED) is 0.431. The SMILES string of the molecule is CC(=O)[C@@H](OC(C)(C)C)c1c(C)cc2ccccc2c1-c1ccc(OC(F)(F)F)cc1. The fourth-order valence-electron chi connectivity index (χ4n) is 3.67. The molecule has 3 aromatic carbocycles. The van der Waals surface area contributed by atoms with Crippen LogP contribution >= 0.6 is 0 Å². The number of hydrogen-bond acceptors (Lipinski definition) is 3. The van der Waals surface area contributed by atoms with Gasteiger partial charge >= 0.3 is 6.36 Å². The van der Waals surface area contributed by atoms with Crippen molar-refractivity contribution in [2.45, 2.75) is 52.7 Å². The zero-order chi connectivity index (χ0) is 23.0. The molecule has 31 heavy (non-hydrogen) atoms. The number of carbonyl (C=O) groups is 1. The van der Waals surface area contributed by atoms with Crippen molar-refractivity contribution in [1.82, 2.24) is 0 Å². The third-order valence-electron chi connectivity index (χ3n) is 4.78. The third kappa shape index (κ3) is 5.44. The van der Waals surface area contributed by atoms with Gasteiger partial charge < -0.3 is 9.47 Å². The lowest BCUT2D eigenvalue weighted by Crippen LogP contribution is -2.27. The van der Waals surface area contributed by atoms with E-state index in [0.717, 1.165) is 21.9 Å². The highest BCUT2D eigenvalue weighted by Gasteiger charge is 2.32. The van der Waals surface area contributed by atoms with E-state index in [1.54, 1.807) is 12.1 Å². The van der Waals surface area contributed by atoms with Crippen LogP contribution in [0.4, 0.5) is 13.2 Å². The van der Waals surface area contributed by atoms with Crippen LogP contribution in [-0.2, 0) is 9.53 Å². The van der Waals surface area contributed by atoms with Crippen molar-refractivity contribution >= 4 is 16.6 Å². The second-order valence-electron chi connectivity index (χ2n) is 8.50. The molecule has 0 heterocycles. The van der Waals surface area contributed by atoms with Gasteiger partial charge in [0.25, 0.3) is 0 Å². The minimum Gasteiger partial charge on any atom is -0.406 e. The monoisotopic (exact) mass is 430 g/mol. The van der Waals surface area contributed by atoms with Gasteiger partial charge in [-0.25, -0.2) is 0 Å². The molecule has 3 rings (SSSR count). The van der Waals surface area contributed by atoms with Crippen LogP contribution in [0.1, 0.15) is 44.9 Å². The highest BCUT2D eigenvalue weighted by atomic mass is 19.4. The Bertz CT molecular complexity index is 1090. The second kappa shape index (κ2) is 8.35. The Hall–Kier alpha value is -2.86. The summed E-state index contributed by atoms with van der Waals surface area (Å²) in [6.07, 6.45) is -5.58. The van der Waals surface area contributed by atoms with Crippen LogP contribution in [0.15, 0.2) is 54.6 Å². The van der Waals surface area contributed by atoms with E-state index in [2.05, 4.69) is 4.74 Å². The molecule has 6 heteroatoms. The minimum atomic E-state index is -4.76. The summed E-state index contributed by atoms with van der Waals surface area (Å²) in [4.78, 5) is 12.6. The Kier molecular flexibility index (Phi) is 6.14. The molecule has 164 valence electrons. The molecular weight excluding hydrogens is 405 g/mol. The van der Waals surface area contributed by atoms with E-state index in [-0.39, 0.29) is 11.5 Å². The number of hydrogen-bond donors (Lipinski definition) is 0. The Balaban J connectivity index is 2.25. The maximum atomic E-state index is 12.6. The molecule has 3 aromatic rings. The van der Waals surface area contributed by atoms with E-state index in [9.17, 15) is 18.0 Å². The summed E-state index contributed by atoms with van der Waals surface area (Å²) in [5.41, 5.74) is 2.45. The van der Waals surface area contributed by atoms with E-state index in [1.165, 1.54) is 19.1 Å². The number of aryl methyl sites for hydroxylation is 1. The normalized spacial score (nSPS) is 13.3. The zero-order valence-corrected chi connectivity index (χ0v) is 18.1. The van der Waals surface area contributed by atoms with Crippen LogP contribution in [-0.4, -0.2) is 17.7 Å². The predicted octanol–water partition coefficient (Wildman–Crippen LogP) is 7.16. The molecule has 0 saturated carbocycles. The fourth-order valence-corrected chi connectivity index (χ4v) is 3.67. The molecule has 0 aliphatic heterocycles.